The van der Waals surface area contributed by atoms with Crippen LogP contribution in [0.5, 0.6) is 0 Å². The van der Waals surface area contributed by atoms with Gasteiger partial charge in [0.05, 0.1) is 0 Å². The van der Waals surface area contributed by atoms with E-state index in [2.05, 4.69) is 86.8 Å². The van der Waals surface area contributed by atoms with Crippen LogP contribution in [0.15, 0.2) is 133 Å². The van der Waals surface area contributed by atoms with Gasteiger partial charge in [-0.05, 0) is 68.7 Å². The summed E-state index contributed by atoms with van der Waals surface area (Å²) in [5.74, 6) is 6.46. The maximum atomic E-state index is 3.83. The minimum atomic E-state index is 0.509. The lowest BCUT2D eigenvalue weighted by Crippen LogP contribution is -1.86. The number of hydrogen-bond donors (Lipinski definition) is 0. The molecule has 0 aliphatic heterocycles. The Morgan fingerprint density at radius 2 is 1.78 bits per heavy atom. The van der Waals surface area contributed by atoms with Crippen molar-refractivity contribution in [1.82, 2.24) is 0 Å². The van der Waals surface area contributed by atoms with E-state index in [1.165, 1.54) is 41.6 Å². The molecule has 0 saturated heterocycles. The van der Waals surface area contributed by atoms with Crippen molar-refractivity contribution in [3.8, 4) is 11.8 Å². The van der Waals surface area contributed by atoms with E-state index in [4.69, 9.17) is 0 Å². The van der Waals surface area contributed by atoms with Gasteiger partial charge in [0.2, 0.25) is 0 Å². The van der Waals surface area contributed by atoms with Gasteiger partial charge in [-0.1, -0.05) is 116 Å². The van der Waals surface area contributed by atoms with Crippen LogP contribution in [0.25, 0.3) is 0 Å². The van der Waals surface area contributed by atoms with Gasteiger partial charge in [-0.2, -0.15) is 0 Å². The molecule has 0 heterocycles. The van der Waals surface area contributed by atoms with Gasteiger partial charge in [0.25, 0.3) is 0 Å². The molecule has 166 valence electrons. The summed E-state index contributed by atoms with van der Waals surface area (Å²) >= 11 is 0. The predicted octanol–water partition coefficient (Wildman–Crippen LogP) is 9.10. The minimum absolute atomic E-state index is 0.509. The van der Waals surface area contributed by atoms with Gasteiger partial charge in [-0.3, -0.25) is 0 Å². The summed E-state index contributed by atoms with van der Waals surface area (Å²) in [5.41, 5.74) is 7.20. The Morgan fingerprint density at radius 3 is 2.09 bits per heavy atom. The van der Waals surface area contributed by atoms with Crippen LogP contribution in [-0.4, -0.2) is 0 Å². The molecule has 32 heavy (non-hydrogen) atoms. The predicted molar refractivity (Wildman–Crippen MR) is 145 cm³/mol. The fourth-order valence-corrected chi connectivity index (χ4v) is 3.15. The molecular weight excluding hydrogens is 384 g/mol. The Balaban J connectivity index is 0.000000213. The van der Waals surface area contributed by atoms with Gasteiger partial charge in [-0.25, -0.2) is 0 Å². The van der Waals surface area contributed by atoms with Crippen molar-refractivity contribution in [1.29, 1.82) is 0 Å². The Hall–Kier alpha value is -3.30. The summed E-state index contributed by atoms with van der Waals surface area (Å²) in [6.45, 7) is 21.0. The van der Waals surface area contributed by atoms with Crippen molar-refractivity contribution in [2.75, 3.05) is 0 Å². The lowest BCUT2D eigenvalue weighted by Gasteiger charge is -1.99. The molecule has 0 aromatic rings. The lowest BCUT2D eigenvalue weighted by atomic mass is 10.1. The first-order valence-electron chi connectivity index (χ1n) is 11.2. The van der Waals surface area contributed by atoms with Gasteiger partial charge in [-0.15, -0.1) is 5.92 Å². The SMILES string of the molecule is C=C(C)C1=CCC=C1.C=C(C)C1C=CC=C1.C=CC1=CC=CC1=C.CC#CC1=CCCC1. The molecule has 0 fully saturated rings. The summed E-state index contributed by atoms with van der Waals surface area (Å²) in [6, 6.07) is 0. The largest absolute Gasteiger partial charge is 0.102 e. The zero-order chi connectivity index (χ0) is 23.8. The zero-order valence-corrected chi connectivity index (χ0v) is 20.2. The summed E-state index contributed by atoms with van der Waals surface area (Å²) in [5, 5.41) is 0. The topological polar surface area (TPSA) is 0 Å². The molecule has 0 atom stereocenters. The smallest absolute Gasteiger partial charge is 0.0158 e. The highest BCUT2D eigenvalue weighted by Gasteiger charge is 2.01. The maximum absolute atomic E-state index is 3.83. The van der Waals surface area contributed by atoms with Crippen molar-refractivity contribution in [3.63, 3.8) is 0 Å². The van der Waals surface area contributed by atoms with Crippen molar-refractivity contribution in [2.45, 2.75) is 46.5 Å². The highest BCUT2D eigenvalue weighted by atomic mass is 14.1. The van der Waals surface area contributed by atoms with Crippen molar-refractivity contribution >= 4 is 0 Å². The van der Waals surface area contributed by atoms with Gasteiger partial charge in [0.15, 0.2) is 0 Å². The molecule has 0 radical (unpaired) electrons. The van der Waals surface area contributed by atoms with E-state index in [0.29, 0.717) is 5.92 Å². The molecule has 0 aromatic heterocycles. The van der Waals surface area contributed by atoms with Crippen molar-refractivity contribution in [3.05, 3.63) is 133 Å². The standard InChI is InChI=1S/2C8H10.C8H8.C8H10/c2*1-7(2)8-5-3-4-6-8;1-3-8-6-4-5-7(8)2;1-2-5-8-6-3-4-7-8/h3,5-6H,1,4H2,2H3;3-6,8H,1H2,2H3;3-6H,1-2H2;6H,3-4,7H2,1H3. The van der Waals surface area contributed by atoms with Crippen LogP contribution in [0.3, 0.4) is 0 Å². The maximum Gasteiger partial charge on any atom is 0.0158 e. The first kappa shape index (κ1) is 26.7. The van der Waals surface area contributed by atoms with E-state index in [9.17, 15) is 0 Å². The highest BCUT2D eigenvalue weighted by Crippen LogP contribution is 2.17. The average molecular weight is 423 g/mol. The second-order valence-corrected chi connectivity index (χ2v) is 7.93. The van der Waals surface area contributed by atoms with E-state index in [1.807, 2.05) is 45.1 Å². The molecule has 0 saturated carbocycles. The van der Waals surface area contributed by atoms with Crippen molar-refractivity contribution < 1.29 is 0 Å². The van der Waals surface area contributed by atoms with Crippen LogP contribution in [-0.2, 0) is 0 Å². The average Bonchev–Trinajstić information content (AvgIpc) is 3.58. The Kier molecular flexibility index (Phi) is 12.9. The van der Waals surface area contributed by atoms with Gasteiger partial charge in [0.1, 0.15) is 0 Å². The van der Waals surface area contributed by atoms with Crippen LogP contribution in [0.2, 0.25) is 0 Å². The van der Waals surface area contributed by atoms with Gasteiger partial charge < -0.3 is 0 Å². The minimum Gasteiger partial charge on any atom is -0.102 e. The fraction of sp³-hybridized carbons (Fsp3) is 0.250. The number of hydrogen-bond acceptors (Lipinski definition) is 0. The lowest BCUT2D eigenvalue weighted by molar-refractivity contribution is 0.919. The van der Waals surface area contributed by atoms with Crippen molar-refractivity contribution in [2.24, 2.45) is 5.92 Å². The third-order valence-electron chi connectivity index (χ3n) is 5.07. The van der Waals surface area contributed by atoms with Gasteiger partial charge in [0, 0.05) is 5.92 Å². The van der Waals surface area contributed by atoms with Crippen LogP contribution in [0, 0.1) is 17.8 Å². The first-order valence-corrected chi connectivity index (χ1v) is 11.2. The normalized spacial score (nSPS) is 16.8. The summed E-state index contributed by atoms with van der Waals surface area (Å²) in [4.78, 5) is 0. The number of allylic oxidation sites excluding steroid dienone is 18. The Labute approximate surface area is 196 Å². The monoisotopic (exact) mass is 422 g/mol. The van der Waals surface area contributed by atoms with E-state index in [-0.39, 0.29) is 0 Å². The van der Waals surface area contributed by atoms with E-state index in [1.54, 1.807) is 0 Å². The quantitative estimate of drug-likeness (QED) is 0.314. The molecule has 4 rings (SSSR count). The third kappa shape index (κ3) is 10.6. The van der Waals surface area contributed by atoms with Crippen LogP contribution in [0.1, 0.15) is 46.5 Å². The second kappa shape index (κ2) is 15.5. The van der Waals surface area contributed by atoms with E-state index >= 15 is 0 Å². The van der Waals surface area contributed by atoms with Crippen LogP contribution in [0.4, 0.5) is 0 Å². The molecule has 0 N–H and O–H groups in total. The molecule has 0 unspecified atom stereocenters. The number of rotatable bonds is 3. The van der Waals surface area contributed by atoms with E-state index in [0.717, 1.165) is 17.6 Å². The fourth-order valence-electron chi connectivity index (χ4n) is 3.15. The molecule has 0 spiro atoms. The second-order valence-electron chi connectivity index (χ2n) is 7.93. The summed E-state index contributed by atoms with van der Waals surface area (Å²) < 4.78 is 0. The molecule has 0 heteroatoms. The van der Waals surface area contributed by atoms with E-state index < -0.39 is 0 Å². The van der Waals surface area contributed by atoms with Gasteiger partial charge >= 0.3 is 0 Å². The Morgan fingerprint density at radius 1 is 1.06 bits per heavy atom. The summed E-state index contributed by atoms with van der Waals surface area (Å²) in [7, 11) is 0. The summed E-state index contributed by atoms with van der Waals surface area (Å²) in [6.07, 6.45) is 29.7. The molecule has 4 aliphatic carbocycles. The third-order valence-corrected chi connectivity index (χ3v) is 5.07. The molecule has 0 aromatic carbocycles. The molecule has 0 bridgehead atoms. The highest BCUT2D eigenvalue weighted by molar-refractivity contribution is 5.51. The van der Waals surface area contributed by atoms with Crippen LogP contribution < -0.4 is 0 Å². The molecular formula is C32H38. The Bertz CT molecular complexity index is 953. The molecule has 0 nitrogen and oxygen atoms in total. The molecule has 0 amide bonds. The first-order chi connectivity index (χ1) is 15.4. The van der Waals surface area contributed by atoms with Crippen LogP contribution >= 0.6 is 0 Å². The molecule has 4 aliphatic rings. The zero-order valence-electron chi connectivity index (χ0n) is 20.2.